The summed E-state index contributed by atoms with van der Waals surface area (Å²) in [6, 6.07) is 0. The molecule has 0 radical (unpaired) electrons. The fourth-order valence-corrected chi connectivity index (χ4v) is 2.09. The molecule has 2 saturated heterocycles. The molecule has 0 aromatic rings. The van der Waals surface area contributed by atoms with Crippen molar-refractivity contribution >= 4 is 0 Å². The van der Waals surface area contributed by atoms with Crippen molar-refractivity contribution in [2.75, 3.05) is 26.3 Å². The molecule has 70 valence electrons. The van der Waals surface area contributed by atoms with Gasteiger partial charge in [0.1, 0.15) is 0 Å². The van der Waals surface area contributed by atoms with Crippen LogP contribution in [0.2, 0.25) is 0 Å². The first-order valence-electron chi connectivity index (χ1n) is 4.79. The maximum atomic E-state index is 5.81. The first kappa shape index (κ1) is 8.48. The highest BCUT2D eigenvalue weighted by Crippen LogP contribution is 2.38. The Bertz CT molecular complexity index is 156. The predicted octanol–water partition coefficient (Wildman–Crippen LogP) is 0.403. The molecule has 3 nitrogen and oxygen atoms in total. The zero-order valence-electron chi connectivity index (χ0n) is 7.75. The molecule has 2 rings (SSSR count). The smallest absolute Gasteiger partial charge is 0.0545 e. The molecule has 0 bridgehead atoms. The van der Waals surface area contributed by atoms with Crippen LogP contribution < -0.4 is 5.73 Å². The third kappa shape index (κ3) is 1.37. The minimum atomic E-state index is 0.225. The molecule has 3 heteroatoms. The number of likely N-dealkylation sites (tertiary alicyclic amines) is 1. The van der Waals surface area contributed by atoms with E-state index in [0.717, 1.165) is 26.3 Å². The van der Waals surface area contributed by atoms with E-state index >= 15 is 0 Å². The van der Waals surface area contributed by atoms with Crippen LogP contribution in [0.4, 0.5) is 0 Å². The van der Waals surface area contributed by atoms with Crippen LogP contribution in [0.25, 0.3) is 0 Å². The molecule has 2 heterocycles. The van der Waals surface area contributed by atoms with E-state index in [0.29, 0.717) is 5.41 Å². The molecule has 1 atom stereocenters. The van der Waals surface area contributed by atoms with Gasteiger partial charge in [0.25, 0.3) is 0 Å². The Morgan fingerprint density at radius 2 is 1.92 bits per heavy atom. The van der Waals surface area contributed by atoms with E-state index in [-0.39, 0.29) is 6.17 Å². The summed E-state index contributed by atoms with van der Waals surface area (Å²) in [6.07, 6.45) is 2.77. The van der Waals surface area contributed by atoms with E-state index in [2.05, 4.69) is 11.8 Å². The summed E-state index contributed by atoms with van der Waals surface area (Å²) < 4.78 is 5.26. The molecule has 2 aliphatic heterocycles. The van der Waals surface area contributed by atoms with E-state index in [9.17, 15) is 0 Å². The predicted molar refractivity (Wildman–Crippen MR) is 47.7 cm³/mol. The van der Waals surface area contributed by atoms with Crippen LogP contribution in [-0.4, -0.2) is 37.4 Å². The van der Waals surface area contributed by atoms with Gasteiger partial charge in [0.05, 0.1) is 19.4 Å². The van der Waals surface area contributed by atoms with E-state index in [1.165, 1.54) is 12.8 Å². The minimum absolute atomic E-state index is 0.225. The second-order valence-electron chi connectivity index (χ2n) is 4.27. The minimum Gasteiger partial charge on any atom is -0.380 e. The molecule has 0 saturated carbocycles. The molecule has 2 N–H and O–H groups in total. The van der Waals surface area contributed by atoms with Gasteiger partial charge < -0.3 is 10.5 Å². The van der Waals surface area contributed by atoms with Gasteiger partial charge in [-0.1, -0.05) is 0 Å². The molecular formula is C9H18N2O. The van der Waals surface area contributed by atoms with Crippen molar-refractivity contribution in [1.29, 1.82) is 0 Å². The quantitative estimate of drug-likeness (QED) is 0.619. The molecule has 0 amide bonds. The normalized spacial score (nSPS) is 31.5. The van der Waals surface area contributed by atoms with Gasteiger partial charge in [-0.2, -0.15) is 0 Å². The first-order chi connectivity index (χ1) is 5.72. The van der Waals surface area contributed by atoms with E-state index < -0.39 is 0 Å². The maximum absolute atomic E-state index is 5.81. The number of rotatable bonds is 1. The van der Waals surface area contributed by atoms with Crippen LogP contribution in [0.5, 0.6) is 0 Å². The van der Waals surface area contributed by atoms with E-state index in [1.54, 1.807) is 0 Å². The van der Waals surface area contributed by atoms with Gasteiger partial charge in [-0.25, -0.2) is 0 Å². The van der Waals surface area contributed by atoms with Crippen LogP contribution in [-0.2, 0) is 4.74 Å². The van der Waals surface area contributed by atoms with Crippen molar-refractivity contribution in [2.45, 2.75) is 25.9 Å². The number of hydrogen-bond donors (Lipinski definition) is 1. The molecule has 1 spiro atoms. The zero-order valence-corrected chi connectivity index (χ0v) is 7.75. The molecule has 0 aromatic carbocycles. The van der Waals surface area contributed by atoms with Crippen LogP contribution in [0, 0.1) is 5.41 Å². The van der Waals surface area contributed by atoms with Crippen molar-refractivity contribution in [2.24, 2.45) is 11.1 Å². The molecule has 0 unspecified atom stereocenters. The Labute approximate surface area is 73.9 Å². The SMILES string of the molecule is C[C@H](N)N1CCC2(CC1)COC2. The number of ether oxygens (including phenoxy) is 1. The van der Waals surface area contributed by atoms with Crippen LogP contribution in [0.1, 0.15) is 19.8 Å². The van der Waals surface area contributed by atoms with Gasteiger partial charge in [0, 0.05) is 18.5 Å². The lowest BCUT2D eigenvalue weighted by Crippen LogP contribution is -2.54. The summed E-state index contributed by atoms with van der Waals surface area (Å²) in [7, 11) is 0. The molecule has 2 aliphatic rings. The fraction of sp³-hybridized carbons (Fsp3) is 1.00. The summed E-state index contributed by atoms with van der Waals surface area (Å²) in [5.74, 6) is 0. The van der Waals surface area contributed by atoms with Crippen LogP contribution in [0.3, 0.4) is 0 Å². The van der Waals surface area contributed by atoms with E-state index in [1.807, 2.05) is 0 Å². The molecule has 0 aromatic heterocycles. The largest absolute Gasteiger partial charge is 0.380 e. The number of piperidine rings is 1. The summed E-state index contributed by atoms with van der Waals surface area (Å²) in [6.45, 7) is 6.34. The molecule has 2 fully saturated rings. The van der Waals surface area contributed by atoms with Gasteiger partial charge in [0.15, 0.2) is 0 Å². The number of nitrogens with zero attached hydrogens (tertiary/aromatic N) is 1. The highest BCUT2D eigenvalue weighted by Gasteiger charge is 2.41. The second kappa shape index (κ2) is 2.98. The monoisotopic (exact) mass is 170 g/mol. The van der Waals surface area contributed by atoms with Gasteiger partial charge in [0.2, 0.25) is 0 Å². The average Bonchev–Trinajstić information content (AvgIpc) is 2.02. The maximum Gasteiger partial charge on any atom is 0.0545 e. The lowest BCUT2D eigenvalue weighted by Gasteiger charge is -2.48. The topological polar surface area (TPSA) is 38.5 Å². The van der Waals surface area contributed by atoms with E-state index in [4.69, 9.17) is 10.5 Å². The second-order valence-corrected chi connectivity index (χ2v) is 4.27. The van der Waals surface area contributed by atoms with Gasteiger partial charge in [-0.05, 0) is 19.8 Å². The Hall–Kier alpha value is -0.120. The summed E-state index contributed by atoms with van der Waals surface area (Å²) in [4.78, 5) is 2.35. The highest BCUT2D eigenvalue weighted by molar-refractivity contribution is 4.91. The third-order valence-corrected chi connectivity index (χ3v) is 3.25. The van der Waals surface area contributed by atoms with Gasteiger partial charge in [-0.15, -0.1) is 0 Å². The highest BCUT2D eigenvalue weighted by atomic mass is 16.5. The lowest BCUT2D eigenvalue weighted by molar-refractivity contribution is -0.142. The zero-order chi connectivity index (χ0) is 8.60. The average molecular weight is 170 g/mol. The molecular weight excluding hydrogens is 152 g/mol. The Morgan fingerprint density at radius 1 is 1.33 bits per heavy atom. The standard InChI is InChI=1S/C9H18N2O/c1-8(10)11-4-2-9(3-5-11)6-12-7-9/h8H,2-7,10H2,1H3/t8-/m1/s1. The fourth-order valence-electron chi connectivity index (χ4n) is 2.09. The number of hydrogen-bond acceptors (Lipinski definition) is 3. The van der Waals surface area contributed by atoms with Crippen molar-refractivity contribution in [3.63, 3.8) is 0 Å². The molecule has 0 aliphatic carbocycles. The molecule has 12 heavy (non-hydrogen) atoms. The Morgan fingerprint density at radius 3 is 2.25 bits per heavy atom. The summed E-state index contributed by atoms with van der Waals surface area (Å²) in [5, 5.41) is 0. The van der Waals surface area contributed by atoms with Crippen molar-refractivity contribution in [3.8, 4) is 0 Å². The third-order valence-electron chi connectivity index (χ3n) is 3.25. The Kier molecular flexibility index (Phi) is 2.10. The summed E-state index contributed by atoms with van der Waals surface area (Å²) in [5.41, 5.74) is 6.36. The first-order valence-corrected chi connectivity index (χ1v) is 4.79. The number of nitrogens with two attached hydrogens (primary N) is 1. The summed E-state index contributed by atoms with van der Waals surface area (Å²) >= 11 is 0. The Balaban J connectivity index is 1.84. The van der Waals surface area contributed by atoms with Gasteiger partial charge in [-0.3, -0.25) is 4.90 Å². The van der Waals surface area contributed by atoms with Crippen molar-refractivity contribution in [1.82, 2.24) is 4.90 Å². The van der Waals surface area contributed by atoms with Gasteiger partial charge >= 0.3 is 0 Å². The lowest BCUT2D eigenvalue weighted by atomic mass is 9.77. The van der Waals surface area contributed by atoms with Crippen molar-refractivity contribution in [3.05, 3.63) is 0 Å². The van der Waals surface area contributed by atoms with Crippen molar-refractivity contribution < 1.29 is 4.74 Å². The van der Waals surface area contributed by atoms with Crippen LogP contribution >= 0.6 is 0 Å². The van der Waals surface area contributed by atoms with Crippen LogP contribution in [0.15, 0.2) is 0 Å².